The molecule has 1 aliphatic heterocycles. The fourth-order valence-electron chi connectivity index (χ4n) is 6.06. The number of aromatic nitrogens is 1. The lowest BCUT2D eigenvalue weighted by Crippen LogP contribution is -2.43. The molecule has 2 aromatic rings. The Morgan fingerprint density at radius 2 is 1.47 bits per heavy atom. The minimum Gasteiger partial charge on any atom is -0.410 e. The summed E-state index contributed by atoms with van der Waals surface area (Å²) in [6.45, 7) is 9.58. The molecular formula is C39H47N5O12S. The fourth-order valence-corrected chi connectivity index (χ4v) is 6.85. The zero-order valence-corrected chi connectivity index (χ0v) is 33.8. The third-order valence-electron chi connectivity index (χ3n) is 9.41. The molecule has 4 amide bonds. The number of carbonyl (C=O) groups excluding carboxylic acids is 7. The molecule has 1 fully saturated rings. The highest BCUT2D eigenvalue weighted by Gasteiger charge is 2.39. The molecule has 0 bridgehead atoms. The lowest BCUT2D eigenvalue weighted by Gasteiger charge is -2.33. The summed E-state index contributed by atoms with van der Waals surface area (Å²) in [5.41, 5.74) is 1.10. The van der Waals surface area contributed by atoms with Gasteiger partial charge in [-0.3, -0.25) is 24.0 Å². The van der Waals surface area contributed by atoms with Gasteiger partial charge in [-0.05, 0) is 32.9 Å². The number of rotatable bonds is 20. The van der Waals surface area contributed by atoms with E-state index in [1.165, 1.54) is 21.1 Å². The Morgan fingerprint density at radius 3 is 2.12 bits per heavy atom. The first-order valence-electron chi connectivity index (χ1n) is 18.3. The van der Waals surface area contributed by atoms with E-state index >= 15 is 0 Å². The fraction of sp³-hybridized carbons (Fsp3) is 0.513. The van der Waals surface area contributed by atoms with Gasteiger partial charge in [-0.2, -0.15) is 5.26 Å². The third-order valence-corrected chi connectivity index (χ3v) is 10.3. The van der Waals surface area contributed by atoms with Gasteiger partial charge in [0.2, 0.25) is 5.91 Å². The van der Waals surface area contributed by atoms with E-state index in [1.54, 1.807) is 59.9 Å². The van der Waals surface area contributed by atoms with Crippen LogP contribution in [0.25, 0.3) is 10.2 Å². The maximum Gasteiger partial charge on any atom is 0.415 e. The Morgan fingerprint density at radius 1 is 0.860 bits per heavy atom. The summed E-state index contributed by atoms with van der Waals surface area (Å²) in [6.07, 6.45) is -0.861. The van der Waals surface area contributed by atoms with Crippen LogP contribution in [0.3, 0.4) is 0 Å². The second-order valence-corrected chi connectivity index (χ2v) is 15.1. The largest absolute Gasteiger partial charge is 0.415 e. The second kappa shape index (κ2) is 20.2. The lowest BCUT2D eigenvalue weighted by atomic mass is 9.71. The number of amides is 4. The van der Waals surface area contributed by atoms with Crippen molar-refractivity contribution in [3.05, 3.63) is 45.5 Å². The molecule has 17 nitrogen and oxygen atoms in total. The van der Waals surface area contributed by atoms with Gasteiger partial charge < -0.3 is 33.6 Å². The smallest absolute Gasteiger partial charge is 0.410 e. The molecule has 2 heterocycles. The van der Waals surface area contributed by atoms with Gasteiger partial charge in [0.15, 0.2) is 16.6 Å². The average Bonchev–Trinajstić information content (AvgIpc) is 3.73. The van der Waals surface area contributed by atoms with Crippen LogP contribution in [0.4, 0.5) is 4.79 Å². The van der Waals surface area contributed by atoms with Crippen molar-refractivity contribution in [3.8, 4) is 11.8 Å². The van der Waals surface area contributed by atoms with Crippen molar-refractivity contribution in [2.24, 2.45) is 5.41 Å². The number of hydrogen-bond donors (Lipinski definition) is 0. The number of Topliss-reactive ketones (excluding diaryl/α,β-unsaturated/α-hetero) is 2. The molecule has 0 unspecified atom stereocenters. The topological polar surface area (TPSA) is 212 Å². The predicted molar refractivity (Wildman–Crippen MR) is 203 cm³/mol. The van der Waals surface area contributed by atoms with Crippen LogP contribution in [0.1, 0.15) is 65.3 Å². The SMILES string of the molecule is CC1=C(C)C(=O)C(C(C)(C)CC(=O)N(C)CCN(CCOCCOCCOCCC(=O)ON2C(=O)CCC2=O)C(=O)Oc2ccc3nc(C#N)sc3c2)=C(C)C1=O. The molecule has 18 heteroatoms. The van der Waals surface area contributed by atoms with Gasteiger partial charge in [0.1, 0.15) is 11.8 Å². The van der Waals surface area contributed by atoms with Gasteiger partial charge in [0.25, 0.3) is 11.8 Å². The number of ketones is 2. The van der Waals surface area contributed by atoms with E-state index in [0.29, 0.717) is 37.6 Å². The number of thiazole rings is 1. The van der Waals surface area contributed by atoms with E-state index in [2.05, 4.69) is 4.98 Å². The van der Waals surface area contributed by atoms with Crippen molar-refractivity contribution in [3.63, 3.8) is 0 Å². The molecule has 0 spiro atoms. The predicted octanol–water partition coefficient (Wildman–Crippen LogP) is 3.70. The van der Waals surface area contributed by atoms with E-state index in [4.69, 9.17) is 23.8 Å². The second-order valence-electron chi connectivity index (χ2n) is 14.0. The lowest BCUT2D eigenvalue weighted by molar-refractivity contribution is -0.198. The number of likely N-dealkylation sites (N-methyl/N-ethyl adjacent to an activating group) is 1. The first-order chi connectivity index (χ1) is 27.0. The molecule has 1 aromatic heterocycles. The first kappa shape index (κ1) is 44.4. The number of hydroxylamine groups is 2. The summed E-state index contributed by atoms with van der Waals surface area (Å²) >= 11 is 1.17. The molecule has 0 saturated carbocycles. The maximum atomic E-state index is 13.5. The number of ether oxygens (including phenoxy) is 4. The van der Waals surface area contributed by atoms with Crippen molar-refractivity contribution in [1.29, 1.82) is 5.26 Å². The maximum absolute atomic E-state index is 13.5. The molecule has 0 radical (unpaired) electrons. The average molecular weight is 810 g/mol. The Bertz CT molecular complexity index is 2000. The first-order valence-corrected chi connectivity index (χ1v) is 19.1. The summed E-state index contributed by atoms with van der Waals surface area (Å²) in [5, 5.41) is 9.96. The van der Waals surface area contributed by atoms with E-state index < -0.39 is 29.3 Å². The zero-order chi connectivity index (χ0) is 41.9. The van der Waals surface area contributed by atoms with Crippen molar-refractivity contribution < 1.29 is 57.3 Å². The molecule has 1 aromatic carbocycles. The molecule has 4 rings (SSSR count). The zero-order valence-electron chi connectivity index (χ0n) is 33.0. The van der Waals surface area contributed by atoms with Gasteiger partial charge in [-0.1, -0.05) is 13.8 Å². The number of nitriles is 1. The van der Waals surface area contributed by atoms with Crippen LogP contribution < -0.4 is 4.74 Å². The Hall–Kier alpha value is -5.35. The van der Waals surface area contributed by atoms with Crippen molar-refractivity contribution >= 4 is 62.9 Å². The van der Waals surface area contributed by atoms with Crippen molar-refractivity contribution in [2.75, 3.05) is 66.3 Å². The standard InChI is InChI=1S/C39H47N5O12S/c1-24-25(2)37(50)35(26(3)36(24)49)39(4,5)22-33(47)42(6)12-13-43(38(51)55-27-7-8-28-29(21-27)57-30(23-40)41-28)14-16-53-18-20-54-19-17-52-15-11-34(48)56-44-31(45)9-10-32(44)46/h7-8,21H,9-20,22H2,1-6H3. The van der Waals surface area contributed by atoms with E-state index in [-0.39, 0.29) is 113 Å². The van der Waals surface area contributed by atoms with Gasteiger partial charge in [-0.25, -0.2) is 14.6 Å². The van der Waals surface area contributed by atoms with Crippen LogP contribution >= 0.6 is 11.3 Å². The molecule has 57 heavy (non-hydrogen) atoms. The van der Waals surface area contributed by atoms with Crippen LogP contribution in [0.2, 0.25) is 0 Å². The van der Waals surface area contributed by atoms with Crippen LogP contribution in [-0.4, -0.2) is 128 Å². The number of hydrogen-bond acceptors (Lipinski definition) is 15. The molecular weight excluding hydrogens is 763 g/mol. The molecule has 1 aliphatic carbocycles. The minimum atomic E-state index is -0.933. The Kier molecular flexibility index (Phi) is 15.7. The number of benzene rings is 1. The molecule has 306 valence electrons. The Balaban J connectivity index is 1.25. The summed E-state index contributed by atoms with van der Waals surface area (Å²) in [6, 6.07) is 6.85. The molecule has 0 N–H and O–H groups in total. The van der Waals surface area contributed by atoms with Crippen LogP contribution in [0, 0.1) is 16.7 Å². The minimum absolute atomic E-state index is 0.00776. The monoisotopic (exact) mass is 809 g/mol. The summed E-state index contributed by atoms with van der Waals surface area (Å²) in [7, 11) is 1.60. The highest BCUT2D eigenvalue weighted by atomic mass is 32.1. The number of allylic oxidation sites excluding steroid dienone is 4. The van der Waals surface area contributed by atoms with Crippen molar-refractivity contribution in [2.45, 2.75) is 60.3 Å². The van der Waals surface area contributed by atoms with Crippen molar-refractivity contribution in [1.82, 2.24) is 19.8 Å². The summed E-state index contributed by atoms with van der Waals surface area (Å²) in [4.78, 5) is 99.7. The van der Waals surface area contributed by atoms with Gasteiger partial charge in [0.05, 0.1) is 56.3 Å². The number of imide groups is 1. The normalized spacial score (nSPS) is 14.8. The van der Waals surface area contributed by atoms with Crippen LogP contribution in [-0.2, 0) is 47.8 Å². The molecule has 0 atom stereocenters. The number of nitrogens with zero attached hydrogens (tertiary/aromatic N) is 5. The quantitative estimate of drug-likeness (QED) is 0.106. The van der Waals surface area contributed by atoms with Gasteiger partial charge in [0, 0.05) is 79.7 Å². The van der Waals surface area contributed by atoms with E-state index in [1.807, 2.05) is 6.07 Å². The highest BCUT2D eigenvalue weighted by molar-refractivity contribution is 7.19. The highest BCUT2D eigenvalue weighted by Crippen LogP contribution is 2.39. The van der Waals surface area contributed by atoms with Gasteiger partial charge >= 0.3 is 12.1 Å². The van der Waals surface area contributed by atoms with Crippen LogP contribution in [0.15, 0.2) is 40.5 Å². The number of carbonyl (C=O) groups is 7. The van der Waals surface area contributed by atoms with Crippen LogP contribution in [0.5, 0.6) is 5.75 Å². The van der Waals surface area contributed by atoms with E-state index in [0.717, 1.165) is 0 Å². The third kappa shape index (κ3) is 11.8. The Labute approximate surface area is 334 Å². The summed E-state index contributed by atoms with van der Waals surface area (Å²) < 4.78 is 22.9. The summed E-state index contributed by atoms with van der Waals surface area (Å²) in [5.74, 6) is -2.36. The van der Waals surface area contributed by atoms with Gasteiger partial charge in [-0.15, -0.1) is 16.4 Å². The number of fused-ring (bicyclic) bond motifs is 1. The molecule has 1 saturated heterocycles. The molecule has 2 aliphatic rings. The van der Waals surface area contributed by atoms with E-state index in [9.17, 15) is 38.8 Å².